The van der Waals surface area contributed by atoms with Gasteiger partial charge in [0.2, 0.25) is 0 Å². The summed E-state index contributed by atoms with van der Waals surface area (Å²) in [6, 6.07) is 0. The Morgan fingerprint density at radius 3 is 2.81 bits per heavy atom. The number of fused-ring (bicyclic) bond motifs is 3. The third-order valence-corrected chi connectivity index (χ3v) is 6.14. The van der Waals surface area contributed by atoms with Crippen LogP contribution in [-0.4, -0.2) is 29.1 Å². The Bertz CT molecular complexity index is 521. The van der Waals surface area contributed by atoms with E-state index in [1.165, 1.54) is 12.5 Å². The number of ketones is 1. The van der Waals surface area contributed by atoms with Gasteiger partial charge in [0, 0.05) is 6.42 Å². The Hall–Kier alpha value is -1.16. The van der Waals surface area contributed by atoms with Gasteiger partial charge in [-0.1, -0.05) is 19.1 Å². The quantitative estimate of drug-likeness (QED) is 0.639. The van der Waals surface area contributed by atoms with Gasteiger partial charge >= 0.3 is 5.97 Å². The minimum Gasteiger partial charge on any atom is -0.464 e. The molecule has 0 radical (unpaired) electrons. The standard InChI is InChI=1S/C17H24O4/c1-5-21-15(19)17(4,20)13-7-11-9(2)10-6-12(10)16(11,3)8-14(13)18/h10-13,20H,2,5-8H2,1,3-4H3/t10-,11+,12-,13?,16-,17?/m1/s1. The summed E-state index contributed by atoms with van der Waals surface area (Å²) in [5, 5.41) is 10.6. The molecular formula is C17H24O4. The lowest BCUT2D eigenvalue weighted by Gasteiger charge is -2.44. The van der Waals surface area contributed by atoms with Crippen LogP contribution >= 0.6 is 0 Å². The van der Waals surface area contributed by atoms with Gasteiger partial charge in [0.1, 0.15) is 5.78 Å². The molecule has 0 aromatic heterocycles. The van der Waals surface area contributed by atoms with Crippen LogP contribution < -0.4 is 0 Å². The van der Waals surface area contributed by atoms with Gasteiger partial charge in [-0.25, -0.2) is 4.79 Å². The largest absolute Gasteiger partial charge is 0.464 e. The monoisotopic (exact) mass is 292 g/mol. The fraction of sp³-hybridized carbons (Fsp3) is 0.765. The van der Waals surface area contributed by atoms with E-state index in [9.17, 15) is 14.7 Å². The van der Waals surface area contributed by atoms with E-state index >= 15 is 0 Å². The predicted molar refractivity (Wildman–Crippen MR) is 77.3 cm³/mol. The van der Waals surface area contributed by atoms with Crippen LogP contribution in [0.25, 0.3) is 0 Å². The van der Waals surface area contributed by atoms with Crippen LogP contribution in [0.3, 0.4) is 0 Å². The van der Waals surface area contributed by atoms with Crippen LogP contribution in [0.4, 0.5) is 0 Å². The van der Waals surface area contributed by atoms with Gasteiger partial charge in [-0.05, 0) is 49.9 Å². The maximum absolute atomic E-state index is 12.6. The van der Waals surface area contributed by atoms with E-state index < -0.39 is 17.5 Å². The van der Waals surface area contributed by atoms with Crippen molar-refractivity contribution in [2.45, 2.75) is 45.6 Å². The molecule has 0 saturated heterocycles. The van der Waals surface area contributed by atoms with E-state index in [1.54, 1.807) is 6.92 Å². The van der Waals surface area contributed by atoms with Crippen molar-refractivity contribution in [3.8, 4) is 0 Å². The summed E-state index contributed by atoms with van der Waals surface area (Å²) in [6.07, 6.45) is 2.11. The maximum Gasteiger partial charge on any atom is 0.338 e. The fourth-order valence-electron chi connectivity index (χ4n) is 4.78. The average molecular weight is 292 g/mol. The lowest BCUT2D eigenvalue weighted by molar-refractivity contribution is -0.175. The first-order chi connectivity index (χ1) is 9.73. The van der Waals surface area contributed by atoms with E-state index in [0.717, 1.165) is 6.42 Å². The van der Waals surface area contributed by atoms with Crippen LogP contribution in [0.2, 0.25) is 0 Å². The van der Waals surface area contributed by atoms with Crippen molar-refractivity contribution < 1.29 is 19.4 Å². The summed E-state index contributed by atoms with van der Waals surface area (Å²) in [5.41, 5.74) is -0.527. The molecule has 2 unspecified atom stereocenters. The van der Waals surface area contributed by atoms with Crippen LogP contribution in [0, 0.1) is 29.1 Å². The zero-order valence-electron chi connectivity index (χ0n) is 13.0. The molecule has 4 nitrogen and oxygen atoms in total. The highest BCUT2D eigenvalue weighted by Gasteiger charge is 2.66. The van der Waals surface area contributed by atoms with Crippen LogP contribution in [0.5, 0.6) is 0 Å². The summed E-state index contributed by atoms with van der Waals surface area (Å²) in [5.74, 6) is -0.00636. The molecule has 21 heavy (non-hydrogen) atoms. The molecule has 0 amide bonds. The van der Waals surface area contributed by atoms with Crippen LogP contribution in [0.1, 0.15) is 40.0 Å². The molecule has 0 aliphatic heterocycles. The minimum absolute atomic E-state index is 0.00727. The van der Waals surface area contributed by atoms with Crippen molar-refractivity contribution in [2.24, 2.45) is 29.1 Å². The molecule has 0 bridgehead atoms. The number of rotatable bonds is 3. The van der Waals surface area contributed by atoms with E-state index in [2.05, 4.69) is 13.5 Å². The zero-order valence-corrected chi connectivity index (χ0v) is 13.0. The van der Waals surface area contributed by atoms with Gasteiger partial charge in [0.05, 0.1) is 12.5 Å². The van der Waals surface area contributed by atoms with Crippen molar-refractivity contribution in [1.82, 2.24) is 0 Å². The van der Waals surface area contributed by atoms with Crippen LogP contribution in [-0.2, 0) is 14.3 Å². The van der Waals surface area contributed by atoms with Crippen molar-refractivity contribution in [1.29, 1.82) is 0 Å². The Morgan fingerprint density at radius 2 is 2.19 bits per heavy atom. The smallest absolute Gasteiger partial charge is 0.338 e. The van der Waals surface area contributed by atoms with E-state index in [0.29, 0.717) is 24.7 Å². The second kappa shape index (κ2) is 4.42. The summed E-state index contributed by atoms with van der Waals surface area (Å²) < 4.78 is 4.94. The van der Waals surface area contributed by atoms with E-state index in [-0.39, 0.29) is 23.7 Å². The lowest BCUT2D eigenvalue weighted by Crippen LogP contribution is -2.53. The Morgan fingerprint density at radius 1 is 1.52 bits per heavy atom. The van der Waals surface area contributed by atoms with Crippen molar-refractivity contribution >= 4 is 11.8 Å². The number of hydrogen-bond donors (Lipinski definition) is 1. The number of carbonyl (C=O) groups is 2. The number of ether oxygens (including phenoxy) is 1. The van der Waals surface area contributed by atoms with Gasteiger partial charge < -0.3 is 9.84 Å². The third kappa shape index (κ3) is 1.91. The molecule has 1 N–H and O–H groups in total. The first-order valence-corrected chi connectivity index (χ1v) is 7.84. The van der Waals surface area contributed by atoms with E-state index in [1.807, 2.05) is 0 Å². The number of Topliss-reactive ketones (excluding diaryl/α,β-unsaturated/α-hetero) is 1. The van der Waals surface area contributed by atoms with Gasteiger partial charge in [-0.3, -0.25) is 4.79 Å². The third-order valence-electron chi connectivity index (χ3n) is 6.14. The molecule has 0 aromatic rings. The van der Waals surface area contributed by atoms with Crippen molar-refractivity contribution in [2.75, 3.05) is 6.61 Å². The van der Waals surface area contributed by atoms with Gasteiger partial charge in [-0.2, -0.15) is 0 Å². The van der Waals surface area contributed by atoms with Crippen molar-refractivity contribution in [3.63, 3.8) is 0 Å². The molecule has 3 aliphatic rings. The minimum atomic E-state index is -1.73. The Balaban J connectivity index is 1.85. The van der Waals surface area contributed by atoms with Gasteiger partial charge in [-0.15, -0.1) is 0 Å². The molecule has 3 aliphatic carbocycles. The molecule has 0 heterocycles. The highest BCUT2D eigenvalue weighted by molar-refractivity contribution is 5.92. The number of esters is 1. The van der Waals surface area contributed by atoms with Crippen molar-refractivity contribution in [3.05, 3.63) is 12.2 Å². The summed E-state index contributed by atoms with van der Waals surface area (Å²) in [4.78, 5) is 24.6. The molecule has 116 valence electrons. The number of allylic oxidation sites excluding steroid dienone is 1. The summed E-state index contributed by atoms with van der Waals surface area (Å²) in [7, 11) is 0. The molecule has 3 fully saturated rings. The highest BCUT2D eigenvalue weighted by Crippen LogP contribution is 2.71. The molecular weight excluding hydrogens is 268 g/mol. The maximum atomic E-state index is 12.6. The summed E-state index contributed by atoms with van der Waals surface area (Å²) in [6.45, 7) is 9.70. The molecule has 0 aromatic carbocycles. The first kappa shape index (κ1) is 14.8. The number of carbonyl (C=O) groups excluding carboxylic acids is 2. The lowest BCUT2D eigenvalue weighted by atomic mass is 9.59. The second-order valence-corrected chi connectivity index (χ2v) is 7.38. The van der Waals surface area contributed by atoms with Gasteiger partial charge in [0.25, 0.3) is 0 Å². The average Bonchev–Trinajstić information content (AvgIpc) is 3.15. The topological polar surface area (TPSA) is 63.6 Å². The first-order valence-electron chi connectivity index (χ1n) is 7.84. The number of hydrogen-bond acceptors (Lipinski definition) is 4. The highest BCUT2D eigenvalue weighted by atomic mass is 16.5. The molecule has 6 atom stereocenters. The molecule has 3 rings (SSSR count). The van der Waals surface area contributed by atoms with E-state index in [4.69, 9.17) is 4.74 Å². The van der Waals surface area contributed by atoms with Gasteiger partial charge in [0.15, 0.2) is 5.60 Å². The Kier molecular flexibility index (Phi) is 3.11. The predicted octanol–water partition coefficient (Wildman–Crippen LogP) is 2.11. The zero-order chi connectivity index (χ0) is 15.6. The Labute approximate surface area is 125 Å². The fourth-order valence-corrected chi connectivity index (χ4v) is 4.78. The van der Waals surface area contributed by atoms with Crippen LogP contribution in [0.15, 0.2) is 12.2 Å². The normalized spacial score (nSPS) is 43.8. The molecule has 3 saturated carbocycles. The molecule has 4 heteroatoms. The number of aliphatic hydroxyl groups is 1. The second-order valence-electron chi connectivity index (χ2n) is 7.38. The molecule has 0 spiro atoms. The summed E-state index contributed by atoms with van der Waals surface area (Å²) >= 11 is 0. The SMILES string of the molecule is C=C1[C@H]2C[C@H]2[C@]2(C)CC(=O)C(C(C)(O)C(=O)OCC)C[C@@H]12.